The molecule has 0 fully saturated rings. The lowest BCUT2D eigenvalue weighted by atomic mass is 9.76. The lowest BCUT2D eigenvalue weighted by Gasteiger charge is -2.33. The van der Waals surface area contributed by atoms with E-state index >= 15 is 0 Å². The van der Waals surface area contributed by atoms with E-state index in [0.717, 1.165) is 31.4 Å². The van der Waals surface area contributed by atoms with E-state index in [9.17, 15) is 5.11 Å². The Morgan fingerprint density at radius 2 is 2.00 bits per heavy atom. The lowest BCUT2D eigenvalue weighted by Crippen LogP contribution is -2.24. The lowest BCUT2D eigenvalue weighted by molar-refractivity contribution is -0.0966. The Labute approximate surface area is 151 Å². The van der Waals surface area contributed by atoms with Crippen LogP contribution < -0.4 is 0 Å². The highest BCUT2D eigenvalue weighted by molar-refractivity contribution is 5.33. The molecular weight excluding hydrogens is 312 g/mol. The smallest absolute Gasteiger partial charge is 0.151 e. The SMILES string of the molecule is CC(O)OCCOC1=C(C2CC=CCC2)C=CCC1C1C=CC=CC1. The fourth-order valence-electron chi connectivity index (χ4n) is 3.99. The van der Waals surface area contributed by atoms with Crippen LogP contribution >= 0.6 is 0 Å². The predicted octanol–water partition coefficient (Wildman–Crippen LogP) is 4.68. The molecule has 0 saturated carbocycles. The molecular formula is C22H30O3. The number of aliphatic hydroxyl groups is 1. The van der Waals surface area contributed by atoms with Crippen molar-refractivity contribution in [3.63, 3.8) is 0 Å². The maximum atomic E-state index is 9.28. The van der Waals surface area contributed by atoms with Crippen LogP contribution in [-0.2, 0) is 9.47 Å². The summed E-state index contributed by atoms with van der Waals surface area (Å²) in [6.45, 7) is 2.53. The molecule has 1 N–H and O–H groups in total. The van der Waals surface area contributed by atoms with Crippen LogP contribution in [0.15, 0.2) is 59.9 Å². The second kappa shape index (κ2) is 9.21. The van der Waals surface area contributed by atoms with E-state index < -0.39 is 6.29 Å². The molecule has 0 aliphatic heterocycles. The van der Waals surface area contributed by atoms with Crippen molar-refractivity contribution in [1.29, 1.82) is 0 Å². The van der Waals surface area contributed by atoms with Crippen molar-refractivity contribution in [3.8, 4) is 0 Å². The zero-order valence-corrected chi connectivity index (χ0v) is 15.1. The second-order valence-corrected chi connectivity index (χ2v) is 7.08. The first kappa shape index (κ1) is 18.2. The maximum absolute atomic E-state index is 9.28. The summed E-state index contributed by atoms with van der Waals surface area (Å²) in [5.74, 6) is 2.61. The average molecular weight is 342 g/mol. The summed E-state index contributed by atoms with van der Waals surface area (Å²) in [6.07, 6.45) is 22.9. The predicted molar refractivity (Wildman–Crippen MR) is 101 cm³/mol. The van der Waals surface area contributed by atoms with E-state index in [1.807, 2.05) is 0 Å². The van der Waals surface area contributed by atoms with Crippen molar-refractivity contribution in [3.05, 3.63) is 59.9 Å². The largest absolute Gasteiger partial charge is 0.495 e. The maximum Gasteiger partial charge on any atom is 0.151 e. The van der Waals surface area contributed by atoms with Gasteiger partial charge in [-0.05, 0) is 56.4 Å². The molecule has 25 heavy (non-hydrogen) atoms. The molecule has 3 aliphatic rings. The normalized spacial score (nSPS) is 29.9. The third kappa shape index (κ3) is 4.96. The van der Waals surface area contributed by atoms with Crippen molar-refractivity contribution in [2.75, 3.05) is 13.2 Å². The summed E-state index contributed by atoms with van der Waals surface area (Å²) in [6, 6.07) is 0. The minimum atomic E-state index is -0.742. The van der Waals surface area contributed by atoms with Gasteiger partial charge in [0.1, 0.15) is 12.4 Å². The van der Waals surface area contributed by atoms with Gasteiger partial charge in [-0.15, -0.1) is 0 Å². The van der Waals surface area contributed by atoms with Crippen LogP contribution in [0.4, 0.5) is 0 Å². The van der Waals surface area contributed by atoms with E-state index in [2.05, 4.69) is 48.6 Å². The van der Waals surface area contributed by atoms with Gasteiger partial charge in [0.25, 0.3) is 0 Å². The number of hydrogen-bond acceptors (Lipinski definition) is 3. The van der Waals surface area contributed by atoms with Gasteiger partial charge in [-0.3, -0.25) is 0 Å². The van der Waals surface area contributed by atoms with Crippen molar-refractivity contribution in [1.82, 2.24) is 0 Å². The van der Waals surface area contributed by atoms with Gasteiger partial charge >= 0.3 is 0 Å². The highest BCUT2D eigenvalue weighted by Crippen LogP contribution is 2.40. The number of ether oxygens (including phenoxy) is 2. The zero-order chi connectivity index (χ0) is 17.5. The van der Waals surface area contributed by atoms with Crippen LogP contribution in [0.2, 0.25) is 0 Å². The Balaban J connectivity index is 1.77. The fraction of sp³-hybridized carbons (Fsp3) is 0.545. The van der Waals surface area contributed by atoms with Gasteiger partial charge in [-0.1, -0.05) is 48.6 Å². The van der Waals surface area contributed by atoms with Crippen molar-refractivity contribution in [2.24, 2.45) is 17.8 Å². The van der Waals surface area contributed by atoms with Crippen LogP contribution in [0.1, 0.15) is 39.0 Å². The van der Waals surface area contributed by atoms with E-state index in [-0.39, 0.29) is 0 Å². The van der Waals surface area contributed by atoms with E-state index in [0.29, 0.717) is 31.0 Å². The minimum absolute atomic E-state index is 0.402. The van der Waals surface area contributed by atoms with E-state index in [1.165, 1.54) is 12.0 Å². The first-order chi connectivity index (χ1) is 12.3. The quantitative estimate of drug-likeness (QED) is 0.415. The molecule has 3 heteroatoms. The summed E-state index contributed by atoms with van der Waals surface area (Å²) in [5.41, 5.74) is 1.38. The van der Waals surface area contributed by atoms with E-state index in [4.69, 9.17) is 9.47 Å². The summed E-state index contributed by atoms with van der Waals surface area (Å²) >= 11 is 0. The summed E-state index contributed by atoms with van der Waals surface area (Å²) in [5, 5.41) is 9.28. The first-order valence-corrected chi connectivity index (χ1v) is 9.57. The summed E-state index contributed by atoms with van der Waals surface area (Å²) < 4.78 is 11.5. The summed E-state index contributed by atoms with van der Waals surface area (Å²) in [7, 11) is 0. The number of hydrogen-bond donors (Lipinski definition) is 1. The molecule has 0 saturated heterocycles. The number of rotatable bonds is 7. The molecule has 0 heterocycles. The molecule has 0 aromatic rings. The number of allylic oxidation sites excluding steroid dienone is 10. The highest BCUT2D eigenvalue weighted by atomic mass is 16.6. The van der Waals surface area contributed by atoms with Crippen LogP contribution in [0.3, 0.4) is 0 Å². The third-order valence-electron chi connectivity index (χ3n) is 5.25. The molecule has 0 radical (unpaired) electrons. The van der Waals surface area contributed by atoms with Gasteiger partial charge in [0.2, 0.25) is 0 Å². The molecule has 4 unspecified atom stereocenters. The second-order valence-electron chi connectivity index (χ2n) is 7.08. The van der Waals surface area contributed by atoms with Crippen molar-refractivity contribution in [2.45, 2.75) is 45.3 Å². The standard InChI is InChI=1S/C22H30O3/c1-17(23)24-15-16-25-22-20(18-9-4-2-5-10-18)13-8-14-21(22)19-11-6-3-7-12-19/h2-6,8-9,14,17-20,23H,7,10-13,15-16H2,1H3. The minimum Gasteiger partial charge on any atom is -0.495 e. The average Bonchev–Trinajstić information content (AvgIpc) is 2.66. The monoisotopic (exact) mass is 342 g/mol. The van der Waals surface area contributed by atoms with Crippen molar-refractivity contribution >= 4 is 0 Å². The number of aliphatic hydroxyl groups excluding tert-OH is 1. The molecule has 0 aromatic carbocycles. The first-order valence-electron chi connectivity index (χ1n) is 9.57. The van der Waals surface area contributed by atoms with Crippen LogP contribution in [-0.4, -0.2) is 24.6 Å². The summed E-state index contributed by atoms with van der Waals surface area (Å²) in [4.78, 5) is 0. The van der Waals surface area contributed by atoms with Crippen LogP contribution in [0, 0.1) is 17.8 Å². The molecule has 4 atom stereocenters. The topological polar surface area (TPSA) is 38.7 Å². The third-order valence-corrected chi connectivity index (χ3v) is 5.25. The van der Waals surface area contributed by atoms with Gasteiger partial charge in [0, 0.05) is 5.92 Å². The molecule has 3 nitrogen and oxygen atoms in total. The molecule has 0 spiro atoms. The van der Waals surface area contributed by atoms with Crippen LogP contribution in [0.25, 0.3) is 0 Å². The highest BCUT2D eigenvalue weighted by Gasteiger charge is 2.31. The molecule has 0 aromatic heterocycles. The Morgan fingerprint density at radius 3 is 2.72 bits per heavy atom. The molecule has 0 bridgehead atoms. The molecule has 0 amide bonds. The zero-order valence-electron chi connectivity index (χ0n) is 15.1. The Bertz CT molecular complexity index is 580. The Kier molecular flexibility index (Phi) is 6.71. The Morgan fingerprint density at radius 1 is 1.08 bits per heavy atom. The van der Waals surface area contributed by atoms with Gasteiger partial charge < -0.3 is 14.6 Å². The van der Waals surface area contributed by atoms with Gasteiger partial charge in [0.15, 0.2) is 6.29 Å². The van der Waals surface area contributed by atoms with Crippen molar-refractivity contribution < 1.29 is 14.6 Å². The Hall–Kier alpha value is -1.58. The van der Waals surface area contributed by atoms with Crippen LogP contribution in [0.5, 0.6) is 0 Å². The van der Waals surface area contributed by atoms with E-state index in [1.54, 1.807) is 6.92 Å². The van der Waals surface area contributed by atoms with Gasteiger partial charge in [-0.2, -0.15) is 0 Å². The van der Waals surface area contributed by atoms with Gasteiger partial charge in [0.05, 0.1) is 6.61 Å². The molecule has 3 rings (SSSR count). The fourth-order valence-corrected chi connectivity index (χ4v) is 3.99. The molecule has 136 valence electrons. The molecule has 3 aliphatic carbocycles. The van der Waals surface area contributed by atoms with Gasteiger partial charge in [-0.25, -0.2) is 0 Å².